The van der Waals surface area contributed by atoms with Crippen LogP contribution in [-0.2, 0) is 19.5 Å². The van der Waals surface area contributed by atoms with Crippen LogP contribution in [0.15, 0.2) is 30.3 Å². The van der Waals surface area contributed by atoms with Gasteiger partial charge in [0.15, 0.2) is 0 Å². The van der Waals surface area contributed by atoms with Gasteiger partial charge in [0.2, 0.25) is 0 Å². The van der Waals surface area contributed by atoms with Gasteiger partial charge in [0, 0.05) is 41.7 Å². The maximum atomic E-state index is 12.3. The Balaban J connectivity index is 0.00000261. The molecule has 2 fully saturated rings. The van der Waals surface area contributed by atoms with Gasteiger partial charge in [-0.05, 0) is 25.0 Å². The van der Waals surface area contributed by atoms with E-state index in [9.17, 15) is 22.8 Å². The summed E-state index contributed by atoms with van der Waals surface area (Å²) < 4.78 is 34.7. The van der Waals surface area contributed by atoms with E-state index in [0.29, 0.717) is 17.0 Å². The van der Waals surface area contributed by atoms with Gasteiger partial charge < -0.3 is 4.90 Å². The summed E-state index contributed by atoms with van der Waals surface area (Å²) >= 11 is 0. The van der Waals surface area contributed by atoms with Crippen molar-refractivity contribution in [1.29, 1.82) is 0 Å². The second-order valence-electron chi connectivity index (χ2n) is 5.82. The number of hydrogen-bond acceptors (Lipinski definition) is 6. The number of amides is 4. The van der Waals surface area contributed by atoms with E-state index >= 15 is 0 Å². The van der Waals surface area contributed by atoms with E-state index in [4.69, 9.17) is 4.55 Å². The molecule has 11 nitrogen and oxygen atoms in total. The number of rotatable bonds is 4. The van der Waals surface area contributed by atoms with Crippen LogP contribution in [0, 0.1) is 0 Å². The number of carbonyl (C=O) groups excluding carboxylic acids is 3. The van der Waals surface area contributed by atoms with Crippen molar-refractivity contribution in [2.24, 2.45) is 0 Å². The number of nitrogens with zero attached hydrogens (tertiary/aromatic N) is 2. The maximum absolute atomic E-state index is 12.3. The fraction of sp³-hybridized carbons (Fsp3) is 0.357. The third-order valence-electron chi connectivity index (χ3n) is 4.14. The van der Waals surface area contributed by atoms with Gasteiger partial charge in [0.05, 0.1) is 6.04 Å². The molecule has 1 aromatic carbocycles. The minimum Gasteiger partial charge on any atom is -0.309 e. The van der Waals surface area contributed by atoms with Gasteiger partial charge in [0.1, 0.15) is 6.04 Å². The standard InChI is InChI=1S/C14H16N4O7S.Na/c19-12(9-4-2-1-3-5-9)15-16-13(20)11-7-6-10-8-17(11)14(21)18(10)25-26(22,23)24;/h1-5,10-11H,6-8H2,(H,15,19)(H,16,20)(H,22,23,24);/t10-,11+;/m1./s1. The SMILES string of the molecule is O=C(NNC(=O)[C@@H]1CC[C@@H]2CN1C(=O)N2OS(=O)(=O)O)c1ccccc1.[Na]. The minimum absolute atomic E-state index is 0. The van der Waals surface area contributed by atoms with Gasteiger partial charge in [-0.2, -0.15) is 13.5 Å². The molecule has 2 aliphatic heterocycles. The Morgan fingerprint density at radius 3 is 2.44 bits per heavy atom. The molecule has 4 amide bonds. The Morgan fingerprint density at radius 1 is 1.15 bits per heavy atom. The zero-order chi connectivity index (χ0) is 18.9. The zero-order valence-corrected chi connectivity index (χ0v) is 17.2. The van der Waals surface area contributed by atoms with Crippen molar-refractivity contribution < 1.29 is 31.6 Å². The van der Waals surface area contributed by atoms with Crippen molar-refractivity contribution in [2.75, 3.05) is 6.54 Å². The van der Waals surface area contributed by atoms with Crippen molar-refractivity contribution in [3.63, 3.8) is 0 Å². The smallest absolute Gasteiger partial charge is 0.309 e. The van der Waals surface area contributed by atoms with Gasteiger partial charge in [-0.15, -0.1) is 4.28 Å². The Bertz CT molecular complexity index is 835. The molecule has 3 rings (SSSR count). The molecule has 1 radical (unpaired) electrons. The number of fused-ring (bicyclic) bond motifs is 2. The van der Waals surface area contributed by atoms with Crippen LogP contribution in [0.25, 0.3) is 0 Å². The molecular formula is C14H16N4NaO7S. The van der Waals surface area contributed by atoms with Gasteiger partial charge in [0.25, 0.3) is 11.8 Å². The predicted octanol–water partition coefficient (Wildman–Crippen LogP) is -0.930. The average Bonchev–Trinajstić information content (AvgIpc) is 2.84. The molecule has 13 heteroatoms. The molecular weight excluding hydrogens is 391 g/mol. The minimum atomic E-state index is -4.85. The first kappa shape index (κ1) is 21.6. The Morgan fingerprint density at radius 2 is 1.81 bits per heavy atom. The molecule has 2 atom stereocenters. The molecule has 0 aromatic heterocycles. The van der Waals surface area contributed by atoms with Crippen LogP contribution >= 0.6 is 0 Å². The average molecular weight is 407 g/mol. The van der Waals surface area contributed by atoms with Crippen LogP contribution in [0.3, 0.4) is 0 Å². The summed E-state index contributed by atoms with van der Waals surface area (Å²) in [5.74, 6) is -1.13. The summed E-state index contributed by atoms with van der Waals surface area (Å²) in [6.45, 7) is 0.0685. The normalized spacial score (nSPS) is 21.4. The second kappa shape index (κ2) is 8.54. The fourth-order valence-electron chi connectivity index (χ4n) is 2.97. The van der Waals surface area contributed by atoms with Gasteiger partial charge in [-0.3, -0.25) is 25.0 Å². The van der Waals surface area contributed by atoms with Gasteiger partial charge >= 0.3 is 16.4 Å². The first-order valence-corrected chi connectivity index (χ1v) is 9.05. The largest absolute Gasteiger partial charge is 0.418 e. The third kappa shape index (κ3) is 4.97. The van der Waals surface area contributed by atoms with Crippen LogP contribution in [0.4, 0.5) is 4.79 Å². The maximum Gasteiger partial charge on any atom is 0.418 e. The molecule has 2 saturated heterocycles. The van der Waals surface area contributed by atoms with Crippen LogP contribution in [0.5, 0.6) is 0 Å². The topological polar surface area (TPSA) is 145 Å². The van der Waals surface area contributed by atoms with Crippen molar-refractivity contribution in [3.8, 4) is 0 Å². The summed E-state index contributed by atoms with van der Waals surface area (Å²) in [5, 5.41) is 0.547. The third-order valence-corrected chi connectivity index (χ3v) is 4.48. The van der Waals surface area contributed by atoms with E-state index in [0.717, 1.165) is 4.90 Å². The van der Waals surface area contributed by atoms with Crippen molar-refractivity contribution in [1.82, 2.24) is 20.8 Å². The summed E-state index contributed by atoms with van der Waals surface area (Å²) in [6.07, 6.45) is 0.539. The number of carbonyl (C=O) groups is 3. The van der Waals surface area contributed by atoms with E-state index in [-0.39, 0.29) is 42.5 Å². The summed E-state index contributed by atoms with van der Waals surface area (Å²) in [4.78, 5) is 37.6. The number of hydrogen-bond donors (Lipinski definition) is 3. The monoisotopic (exact) mass is 407 g/mol. The molecule has 2 heterocycles. The van der Waals surface area contributed by atoms with Crippen molar-refractivity contribution >= 4 is 57.8 Å². The molecule has 0 unspecified atom stereocenters. The first-order valence-electron chi connectivity index (χ1n) is 7.68. The van der Waals surface area contributed by atoms with E-state index in [1.54, 1.807) is 30.3 Å². The number of benzene rings is 1. The van der Waals surface area contributed by atoms with Crippen LogP contribution < -0.4 is 10.9 Å². The zero-order valence-electron chi connectivity index (χ0n) is 14.4. The number of nitrogens with one attached hydrogen (secondary N) is 2. The Labute approximate surface area is 177 Å². The molecule has 2 bridgehead atoms. The number of hydroxylamine groups is 2. The molecule has 0 spiro atoms. The molecule has 0 aliphatic carbocycles. The first-order chi connectivity index (χ1) is 12.3. The molecule has 0 saturated carbocycles. The van der Waals surface area contributed by atoms with E-state index in [1.807, 2.05) is 0 Å². The Kier molecular flexibility index (Phi) is 6.83. The van der Waals surface area contributed by atoms with E-state index in [2.05, 4.69) is 15.1 Å². The number of hydrazine groups is 1. The quantitative estimate of drug-likeness (QED) is 0.332. The predicted molar refractivity (Wildman–Crippen MR) is 91.2 cm³/mol. The molecule has 141 valence electrons. The second-order valence-corrected chi connectivity index (χ2v) is 6.82. The van der Waals surface area contributed by atoms with Crippen LogP contribution in [0.2, 0.25) is 0 Å². The molecule has 3 N–H and O–H groups in total. The molecule has 27 heavy (non-hydrogen) atoms. The summed E-state index contributed by atoms with van der Waals surface area (Å²) in [7, 11) is -4.85. The molecule has 1 aromatic rings. The van der Waals surface area contributed by atoms with E-state index in [1.165, 1.54) is 0 Å². The van der Waals surface area contributed by atoms with Crippen LogP contribution in [-0.4, -0.2) is 89.0 Å². The molecule has 2 aliphatic rings. The van der Waals surface area contributed by atoms with Gasteiger partial charge in [-0.1, -0.05) is 18.2 Å². The summed E-state index contributed by atoms with van der Waals surface area (Å²) in [6, 6.07) is 5.89. The van der Waals surface area contributed by atoms with E-state index < -0.39 is 40.3 Å². The van der Waals surface area contributed by atoms with Crippen molar-refractivity contribution in [3.05, 3.63) is 35.9 Å². The Hall–Kier alpha value is -1.70. The van der Waals surface area contributed by atoms with Crippen LogP contribution in [0.1, 0.15) is 23.2 Å². The summed E-state index contributed by atoms with van der Waals surface area (Å²) in [5.41, 5.74) is 4.87. The van der Waals surface area contributed by atoms with Gasteiger partial charge in [-0.25, -0.2) is 4.79 Å². The van der Waals surface area contributed by atoms with Crippen molar-refractivity contribution in [2.45, 2.75) is 24.9 Å². The fourth-order valence-corrected chi connectivity index (χ4v) is 3.36. The number of urea groups is 1. The number of piperidine rings is 1.